The number of carbonyl (C=O) groups excluding carboxylic acids is 1. The predicted octanol–water partition coefficient (Wildman–Crippen LogP) is 0.712. The van der Waals surface area contributed by atoms with E-state index < -0.39 is 18.4 Å². The molecule has 1 unspecified atom stereocenters. The largest absolute Gasteiger partial charge is 0.463 e. The molecule has 7 heavy (non-hydrogen) atoms. The van der Waals surface area contributed by atoms with Gasteiger partial charge in [0.1, 0.15) is 0 Å². The average molecular weight is 103 g/mol. The molecule has 0 aliphatic carbocycles. The third-order valence-electron chi connectivity index (χ3n) is 0.749. The lowest BCUT2D eigenvalue weighted by atomic mass is 10.3. The number of cyclic esters (lactones) is 1. The lowest BCUT2D eigenvalue weighted by Gasteiger charge is -1.95. The second kappa shape index (κ2) is 1.52. The molecule has 1 rings (SSSR count). The van der Waals surface area contributed by atoms with Crippen molar-refractivity contribution < 1.29 is 13.6 Å². The third kappa shape index (κ3) is 0.918. The van der Waals surface area contributed by atoms with Crippen LogP contribution >= 0.6 is 0 Å². The Morgan fingerprint density at radius 3 is 3.14 bits per heavy atom. The molecule has 2 nitrogen and oxygen atoms in total. The van der Waals surface area contributed by atoms with Crippen molar-refractivity contribution in [3.63, 3.8) is 0 Å². The number of ether oxygens (including phenoxy) is 1. The van der Waals surface area contributed by atoms with Crippen molar-refractivity contribution in [2.24, 2.45) is 0 Å². The van der Waals surface area contributed by atoms with E-state index in [0.29, 0.717) is 0 Å². The first-order valence-corrected chi connectivity index (χ1v) is 2.07. The molecule has 0 saturated carbocycles. The molecule has 2 heteroatoms. The molecule has 1 heterocycles. The summed E-state index contributed by atoms with van der Waals surface area (Å²) in [5, 5.41) is 0. The lowest BCUT2D eigenvalue weighted by Crippen LogP contribution is -1.98. The fraction of sp³-hybridized carbons (Fsp3) is 0.800. The zero-order chi connectivity index (χ0) is 7.99. The first kappa shape index (κ1) is 2.16. The molecular weight excluding hydrogens is 92.1 g/mol. The molecule has 0 N–H and O–H groups in total. The maximum Gasteiger partial charge on any atom is 0.306 e. The van der Waals surface area contributed by atoms with Crippen LogP contribution in [0.25, 0.3) is 0 Å². The molecule has 0 aromatic rings. The number of carbonyl (C=O) groups is 1. The van der Waals surface area contributed by atoms with E-state index in [0.717, 1.165) is 0 Å². The van der Waals surface area contributed by atoms with Crippen LogP contribution in [0.4, 0.5) is 0 Å². The van der Waals surface area contributed by atoms with E-state index in [-0.39, 0.29) is 6.42 Å². The highest BCUT2D eigenvalue weighted by atomic mass is 16.5. The molecule has 1 aliphatic heterocycles. The molecule has 1 fully saturated rings. The average Bonchev–Trinajstić information content (AvgIpc) is 1.73. The van der Waals surface area contributed by atoms with Crippen LogP contribution in [0.15, 0.2) is 0 Å². The van der Waals surface area contributed by atoms with E-state index in [2.05, 4.69) is 4.74 Å². The van der Waals surface area contributed by atoms with Crippen molar-refractivity contribution in [2.45, 2.75) is 25.8 Å². The molecule has 0 spiro atoms. The number of hydrogen-bond donors (Lipinski definition) is 0. The van der Waals surface area contributed by atoms with Gasteiger partial charge in [0.15, 0.2) is 0 Å². The van der Waals surface area contributed by atoms with Gasteiger partial charge in [0.05, 0.1) is 7.45 Å². The Morgan fingerprint density at radius 2 is 3.00 bits per heavy atom. The fourth-order valence-corrected chi connectivity index (χ4v) is 0.427. The summed E-state index contributed by atoms with van der Waals surface area (Å²) in [4.78, 5) is 10.6. The zero-order valence-corrected chi connectivity index (χ0v) is 4.02. The lowest BCUT2D eigenvalue weighted by molar-refractivity contribution is -0.140. The second-order valence-corrected chi connectivity index (χ2v) is 1.45. The minimum absolute atomic E-state index is 0.182. The van der Waals surface area contributed by atoms with Gasteiger partial charge in [0.25, 0.3) is 0 Å². The van der Waals surface area contributed by atoms with Crippen LogP contribution < -0.4 is 0 Å². The van der Waals surface area contributed by atoms with Crippen molar-refractivity contribution >= 4 is 5.97 Å². The van der Waals surface area contributed by atoms with Gasteiger partial charge in [-0.3, -0.25) is 4.79 Å². The summed E-state index contributed by atoms with van der Waals surface area (Å²) < 4.78 is 25.6. The molecule has 0 aromatic carbocycles. The smallest absolute Gasteiger partial charge is 0.306 e. The van der Waals surface area contributed by atoms with E-state index in [1.807, 2.05) is 0 Å². The van der Waals surface area contributed by atoms with Crippen molar-refractivity contribution in [1.82, 2.24) is 0 Å². The van der Waals surface area contributed by atoms with Gasteiger partial charge in [-0.05, 0) is 13.3 Å². The molecule has 0 aromatic heterocycles. The van der Waals surface area contributed by atoms with Gasteiger partial charge in [0, 0.05) is 9.11 Å². The Bertz CT molecular complexity index is 176. The molecule has 40 valence electrons. The Morgan fingerprint density at radius 1 is 2.29 bits per heavy atom. The quantitative estimate of drug-likeness (QED) is 0.422. The second-order valence-electron chi connectivity index (χ2n) is 1.45. The third-order valence-corrected chi connectivity index (χ3v) is 0.749. The van der Waals surface area contributed by atoms with Crippen LogP contribution in [0.2, 0.25) is 0 Å². The molecule has 0 amide bonds. The van der Waals surface area contributed by atoms with E-state index in [4.69, 9.17) is 4.11 Å². The normalized spacial score (nSPS) is 54.4. The number of esters is 1. The van der Waals surface area contributed by atoms with E-state index in [1.165, 1.54) is 6.92 Å². The van der Waals surface area contributed by atoms with Gasteiger partial charge in [0.2, 0.25) is 0 Å². The van der Waals surface area contributed by atoms with Gasteiger partial charge in [-0.1, -0.05) is 0 Å². The Kier molecular flexibility index (Phi) is 0.470. The van der Waals surface area contributed by atoms with Crippen LogP contribution in [0.1, 0.15) is 23.8 Å². The van der Waals surface area contributed by atoms with Gasteiger partial charge in [-0.2, -0.15) is 0 Å². The van der Waals surface area contributed by atoms with Gasteiger partial charge < -0.3 is 4.74 Å². The van der Waals surface area contributed by atoms with Crippen molar-refractivity contribution in [1.29, 1.82) is 0 Å². The summed E-state index contributed by atoms with van der Waals surface area (Å²) in [6, 6.07) is 0. The summed E-state index contributed by atoms with van der Waals surface area (Å²) in [7, 11) is 0. The molecule has 1 aliphatic rings. The van der Waals surface area contributed by atoms with E-state index in [1.54, 1.807) is 0 Å². The standard InChI is InChI=1S/C5H8O2/c1-4-2-3-5(6)7-4/h4H,2-3H2,1H3/i3D2,4D. The van der Waals surface area contributed by atoms with Crippen LogP contribution in [-0.4, -0.2) is 12.0 Å². The highest BCUT2D eigenvalue weighted by molar-refractivity contribution is 5.71. The Labute approximate surface area is 46.7 Å². The molecule has 1 saturated heterocycles. The maximum atomic E-state index is 10.6. The SMILES string of the molecule is [2H]C1(C)CC([2H])([2H])C(=O)O1. The monoisotopic (exact) mass is 103 g/mol. The summed E-state index contributed by atoms with van der Waals surface area (Å²) in [5.41, 5.74) is 0. The van der Waals surface area contributed by atoms with Crippen molar-refractivity contribution in [3.8, 4) is 0 Å². The van der Waals surface area contributed by atoms with E-state index in [9.17, 15) is 4.79 Å². The Balaban J connectivity index is 2.81. The molecule has 0 bridgehead atoms. The number of rotatable bonds is 0. The summed E-state index contributed by atoms with van der Waals surface area (Å²) in [6.45, 7) is 1.37. The van der Waals surface area contributed by atoms with Crippen molar-refractivity contribution in [3.05, 3.63) is 0 Å². The highest BCUT2D eigenvalue weighted by Gasteiger charge is 2.17. The highest BCUT2D eigenvalue weighted by Crippen LogP contribution is 2.11. The summed E-state index contributed by atoms with van der Waals surface area (Å²) >= 11 is 0. The molecular formula is C5H8O2. The van der Waals surface area contributed by atoms with Crippen LogP contribution in [0.5, 0.6) is 0 Å². The van der Waals surface area contributed by atoms with E-state index >= 15 is 0 Å². The topological polar surface area (TPSA) is 26.3 Å². The summed E-state index contributed by atoms with van der Waals surface area (Å²) in [5.74, 6) is -0.926. The first-order chi connectivity index (χ1) is 4.33. The maximum absolute atomic E-state index is 10.6. The summed E-state index contributed by atoms with van der Waals surface area (Å²) in [6.07, 6.45) is -3.52. The predicted molar refractivity (Wildman–Crippen MR) is 24.8 cm³/mol. The van der Waals surface area contributed by atoms with Gasteiger partial charge in [-0.25, -0.2) is 0 Å². The van der Waals surface area contributed by atoms with Crippen LogP contribution in [0, 0.1) is 0 Å². The molecule has 0 radical (unpaired) electrons. The minimum Gasteiger partial charge on any atom is -0.463 e. The first-order valence-electron chi connectivity index (χ1n) is 3.57. The minimum atomic E-state index is -1.96. The van der Waals surface area contributed by atoms with Crippen molar-refractivity contribution in [2.75, 3.05) is 0 Å². The number of hydrogen-bond acceptors (Lipinski definition) is 2. The van der Waals surface area contributed by atoms with Gasteiger partial charge in [-0.15, -0.1) is 0 Å². The zero-order valence-electron chi connectivity index (χ0n) is 7.02. The fourth-order valence-electron chi connectivity index (χ4n) is 0.427. The molecule has 1 atom stereocenters. The van der Waals surface area contributed by atoms with Gasteiger partial charge >= 0.3 is 5.97 Å². The van der Waals surface area contributed by atoms with Crippen LogP contribution in [-0.2, 0) is 9.53 Å². The Hall–Kier alpha value is -0.530. The van der Waals surface area contributed by atoms with Crippen LogP contribution in [0.3, 0.4) is 0 Å².